The molecule has 0 amide bonds. The van der Waals surface area contributed by atoms with Gasteiger partial charge in [-0.2, -0.15) is 4.98 Å². The molecule has 0 saturated carbocycles. The molecule has 9 heteroatoms. The van der Waals surface area contributed by atoms with Crippen molar-refractivity contribution in [2.75, 3.05) is 13.1 Å². The minimum atomic E-state index is -2.30. The Morgan fingerprint density at radius 1 is 0.754 bits per heavy atom. The Hall–Kier alpha value is -5.90. The van der Waals surface area contributed by atoms with Gasteiger partial charge in [-0.3, -0.25) is 4.98 Å². The molecule has 6 nitrogen and oxygen atoms in total. The van der Waals surface area contributed by atoms with Crippen molar-refractivity contribution >= 4 is 30.8 Å². The van der Waals surface area contributed by atoms with Gasteiger partial charge in [-0.15, -0.1) is 6.58 Å². The first-order valence-corrected chi connectivity index (χ1v) is 27.3. The third-order valence-corrected chi connectivity index (χ3v) is 19.8. The zero-order chi connectivity index (χ0) is 47.0. The fraction of sp³-hybridized carbons (Fsp3) is 0.250. The first kappa shape index (κ1) is 48.1. The number of fused-ring (bicyclic) bond motifs is 4. The van der Waals surface area contributed by atoms with E-state index < -0.39 is 14.4 Å². The van der Waals surface area contributed by atoms with E-state index in [4.69, 9.17) is 35.7 Å². The van der Waals surface area contributed by atoms with Crippen molar-refractivity contribution in [1.29, 1.82) is 0 Å². The van der Waals surface area contributed by atoms with E-state index in [1.165, 1.54) is 5.56 Å². The number of rotatable bonds is 13. The third kappa shape index (κ3) is 9.57. The van der Waals surface area contributed by atoms with Crippen molar-refractivity contribution in [1.82, 2.24) is 15.0 Å². The predicted molar refractivity (Wildman–Crippen MR) is 282 cm³/mol. The van der Waals surface area contributed by atoms with E-state index in [0.29, 0.717) is 34.3 Å². The molecule has 0 aliphatic carbocycles. The number of piperidine rings is 3. The number of pyridine rings is 1. The van der Waals surface area contributed by atoms with Crippen LogP contribution in [-0.2, 0) is 6.54 Å². The van der Waals surface area contributed by atoms with Crippen LogP contribution < -0.4 is 26.1 Å². The Morgan fingerprint density at radius 3 is 1.91 bits per heavy atom. The Kier molecular flexibility index (Phi) is 13.8. The molecule has 2 aromatic heterocycles. The third-order valence-electron chi connectivity index (χ3n) is 15.2. The molecule has 11 rings (SSSR count). The van der Waals surface area contributed by atoms with E-state index in [2.05, 4.69) is 162 Å². The normalized spacial score (nSPS) is 19.4. The van der Waals surface area contributed by atoms with E-state index >= 15 is 0 Å². The van der Waals surface area contributed by atoms with Gasteiger partial charge in [0.2, 0.25) is 5.88 Å². The van der Waals surface area contributed by atoms with Crippen LogP contribution in [0.25, 0.3) is 55.7 Å². The summed E-state index contributed by atoms with van der Waals surface area (Å²) in [7, 11) is -2.30. The van der Waals surface area contributed by atoms with Crippen LogP contribution in [-0.4, -0.2) is 46.9 Å². The average molecular weight is 1010 g/mol. The molecule has 5 heterocycles. The lowest BCUT2D eigenvalue weighted by molar-refractivity contribution is -0.984. The summed E-state index contributed by atoms with van der Waals surface area (Å²) < 4.78 is 16.0. The second-order valence-corrected chi connectivity index (χ2v) is 25.4. The molecule has 0 N–H and O–H groups in total. The number of aromatic nitrogens is 3. The molecule has 1 unspecified atom stereocenters. The van der Waals surface area contributed by atoms with Gasteiger partial charge < -0.3 is 30.6 Å². The zero-order valence-corrected chi connectivity index (χ0v) is 43.5. The van der Waals surface area contributed by atoms with Crippen molar-refractivity contribution in [2.45, 2.75) is 70.4 Å². The van der Waals surface area contributed by atoms with Gasteiger partial charge in [-0.25, -0.2) is 4.98 Å². The van der Waals surface area contributed by atoms with Crippen LogP contribution in [0.3, 0.4) is 0 Å². The molecular formula is C60H60BrClN4O2Si. The molecule has 5 atom stereocenters. The molecule has 0 radical (unpaired) electrons. The molecule has 8 aromatic rings. The second kappa shape index (κ2) is 19.8. The quantitative estimate of drug-likeness (QED) is 0.0498. The molecule has 3 aliphatic rings. The first-order chi connectivity index (χ1) is 32.9. The van der Waals surface area contributed by atoms with Crippen LogP contribution in [0.4, 0.5) is 0 Å². The fourth-order valence-corrected chi connectivity index (χ4v) is 11.9. The number of benzene rings is 6. The number of hydrogen-bond acceptors (Lipinski definition) is 5. The van der Waals surface area contributed by atoms with Gasteiger partial charge in [0.1, 0.15) is 23.5 Å². The zero-order valence-electron chi connectivity index (χ0n) is 40.2. The van der Waals surface area contributed by atoms with Crippen LogP contribution in [0, 0.1) is 11.8 Å². The highest BCUT2D eigenvalue weighted by Gasteiger charge is 2.55. The van der Waals surface area contributed by atoms with Crippen molar-refractivity contribution in [3.05, 3.63) is 199 Å². The maximum absolute atomic E-state index is 7.73. The van der Waals surface area contributed by atoms with Crippen LogP contribution in [0.15, 0.2) is 183 Å². The number of nitrogens with zero attached hydrogens (tertiary/aromatic N) is 4. The maximum Gasteiger partial charge on any atom is 0.250 e. The largest absolute Gasteiger partial charge is 1.00 e. The second-order valence-electron chi connectivity index (χ2n) is 20.4. The molecular weight excluding hydrogens is 952 g/mol. The fourth-order valence-electron chi connectivity index (χ4n) is 10.6. The molecule has 3 fully saturated rings. The lowest BCUT2D eigenvalue weighted by Crippen LogP contribution is -3.00. The standard InChI is InChI=1S/C60H60ClN4O2Si.BrH/c1-7-42-40-65(39-41-36-50(43-22-12-8-13-23-43)55(67-68(5,6)60(2,3)4)51(37-41)44-24-14-9-15-25-44)35-33-47(42)38-53(65)56(49-32-34-62-52-31-21-20-30-48(49)52)66-59-54(45-26-16-10-17-27-45)57(61)63-58(64-59)46-28-18-11-19-29-46;/h7-32,34,36-37,42,47,53,56H,1,33,35,38-40H2,2-6H3;1H/q+1;/p-1/t42-,47-,53+,56-,65?;/m0./s1. The van der Waals surface area contributed by atoms with Crippen molar-refractivity contribution < 1.29 is 30.6 Å². The summed E-state index contributed by atoms with van der Waals surface area (Å²) in [5, 5.41) is 1.41. The predicted octanol–water partition coefficient (Wildman–Crippen LogP) is 12.5. The van der Waals surface area contributed by atoms with Crippen LogP contribution >= 0.6 is 11.6 Å². The molecule has 2 bridgehead atoms. The van der Waals surface area contributed by atoms with Crippen LogP contribution in [0.2, 0.25) is 23.3 Å². The molecule has 69 heavy (non-hydrogen) atoms. The maximum atomic E-state index is 7.73. The topological polar surface area (TPSA) is 57.1 Å². The van der Waals surface area contributed by atoms with Crippen molar-refractivity contribution in [3.8, 4) is 56.4 Å². The Bertz CT molecular complexity index is 3010. The number of hydrogen-bond donors (Lipinski definition) is 0. The highest BCUT2D eigenvalue weighted by Crippen LogP contribution is 2.52. The summed E-state index contributed by atoms with van der Waals surface area (Å²) in [5.41, 5.74) is 10.3. The highest BCUT2D eigenvalue weighted by molar-refractivity contribution is 6.74. The van der Waals surface area contributed by atoms with E-state index in [1.54, 1.807) is 0 Å². The smallest absolute Gasteiger partial charge is 0.250 e. The van der Waals surface area contributed by atoms with Gasteiger partial charge in [0.15, 0.2) is 11.9 Å². The lowest BCUT2D eigenvalue weighted by Gasteiger charge is -2.58. The van der Waals surface area contributed by atoms with Gasteiger partial charge in [0.25, 0.3) is 8.32 Å². The number of quaternary nitrogens is 1. The minimum Gasteiger partial charge on any atom is -1.00 e. The Morgan fingerprint density at radius 2 is 1.32 bits per heavy atom. The van der Waals surface area contributed by atoms with E-state index in [0.717, 1.165) is 92.6 Å². The Labute approximate surface area is 424 Å². The van der Waals surface area contributed by atoms with Gasteiger partial charge in [0, 0.05) is 58.2 Å². The summed E-state index contributed by atoms with van der Waals surface area (Å²) in [4.78, 5) is 15.1. The summed E-state index contributed by atoms with van der Waals surface area (Å²) in [6.45, 7) is 18.8. The minimum absolute atomic E-state index is 0. The summed E-state index contributed by atoms with van der Waals surface area (Å²) in [5.74, 6) is 2.76. The molecule has 3 aliphatic heterocycles. The molecule has 3 saturated heterocycles. The van der Waals surface area contributed by atoms with Crippen molar-refractivity contribution in [2.24, 2.45) is 11.8 Å². The van der Waals surface area contributed by atoms with E-state index in [9.17, 15) is 0 Å². The average Bonchev–Trinajstić information content (AvgIpc) is 3.36. The number of para-hydroxylation sites is 1. The van der Waals surface area contributed by atoms with Gasteiger partial charge >= 0.3 is 0 Å². The summed E-state index contributed by atoms with van der Waals surface area (Å²) >= 11 is 7.31. The van der Waals surface area contributed by atoms with Gasteiger partial charge in [0.05, 0.1) is 24.2 Å². The Balaban J connectivity index is 0.00000593. The lowest BCUT2D eigenvalue weighted by atomic mass is 9.71. The summed E-state index contributed by atoms with van der Waals surface area (Å²) in [6, 6.07) is 57.3. The highest BCUT2D eigenvalue weighted by atomic mass is 79.9. The SMILES string of the molecule is C=C[C@H]1C[N+]2(Cc3cc(-c4ccccc4)c(O[Si](C)(C)C(C)(C)C)c(-c4ccccc4)c3)CC[C@H]1C[C@@H]2[C@@H](Oc1nc(-c2ccccc2)nc(Cl)c1-c1ccccc1)c1ccnc2ccccc12.[Br-]. The first-order valence-electron chi connectivity index (χ1n) is 24.1. The van der Waals surface area contributed by atoms with Gasteiger partial charge in [-0.05, 0) is 65.0 Å². The monoisotopic (exact) mass is 1010 g/mol. The summed E-state index contributed by atoms with van der Waals surface area (Å²) in [6.07, 6.45) is 5.77. The van der Waals surface area contributed by atoms with Gasteiger partial charge in [-0.1, -0.05) is 178 Å². The van der Waals surface area contributed by atoms with E-state index in [-0.39, 0.29) is 28.1 Å². The van der Waals surface area contributed by atoms with Crippen LogP contribution in [0.1, 0.15) is 50.8 Å². The van der Waals surface area contributed by atoms with E-state index in [1.807, 2.05) is 54.7 Å². The number of ether oxygens (including phenoxy) is 1. The molecule has 0 spiro atoms. The molecule has 350 valence electrons. The van der Waals surface area contributed by atoms with Crippen LogP contribution in [0.5, 0.6) is 11.6 Å². The van der Waals surface area contributed by atoms with Crippen molar-refractivity contribution in [3.63, 3.8) is 0 Å². The molecule has 6 aromatic carbocycles. The number of halogens is 2.